The maximum absolute atomic E-state index is 12.0. The Morgan fingerprint density at radius 1 is 1.62 bits per heavy atom. The van der Waals surface area contributed by atoms with Gasteiger partial charge in [0.1, 0.15) is 6.67 Å². The molecular weight excluding hydrogens is 222 g/mol. The molecule has 0 spiro atoms. The molecule has 0 aliphatic carbocycles. The summed E-state index contributed by atoms with van der Waals surface area (Å²) < 4.78 is 17.8. The molecule has 3 heteroatoms. The Bertz CT molecular complexity index is 69.0. The average Bonchev–Trinajstić information content (AvgIpc) is 1.67. The zero-order chi connectivity index (χ0) is 6.04. The lowest BCUT2D eigenvalue weighted by Crippen LogP contribution is -2.45. The van der Waals surface area contributed by atoms with E-state index in [0.717, 1.165) is 4.43 Å². The molecule has 0 saturated carbocycles. The molecule has 1 aliphatic rings. The third-order valence-electron chi connectivity index (χ3n) is 1.38. The summed E-state index contributed by atoms with van der Waals surface area (Å²) in [6, 6.07) is 0. The SMILES string of the molecule is FCC1(CI)COC1. The molecule has 0 unspecified atom stereocenters. The van der Waals surface area contributed by atoms with Crippen LogP contribution in [-0.4, -0.2) is 24.3 Å². The Morgan fingerprint density at radius 3 is 2.25 bits per heavy atom. The maximum Gasteiger partial charge on any atom is 0.100 e. The lowest BCUT2D eigenvalue weighted by molar-refractivity contribution is -0.106. The Balaban J connectivity index is 2.33. The van der Waals surface area contributed by atoms with Gasteiger partial charge < -0.3 is 4.74 Å². The monoisotopic (exact) mass is 230 g/mol. The van der Waals surface area contributed by atoms with Crippen molar-refractivity contribution in [2.75, 3.05) is 24.3 Å². The van der Waals surface area contributed by atoms with Crippen LogP contribution < -0.4 is 0 Å². The number of alkyl halides is 2. The largest absolute Gasteiger partial charge is 0.380 e. The van der Waals surface area contributed by atoms with Gasteiger partial charge in [-0.1, -0.05) is 22.6 Å². The van der Waals surface area contributed by atoms with Crippen LogP contribution in [-0.2, 0) is 4.74 Å². The number of halogens is 2. The number of hydrogen-bond acceptors (Lipinski definition) is 1. The van der Waals surface area contributed by atoms with E-state index in [-0.39, 0.29) is 12.1 Å². The molecule has 1 aliphatic heterocycles. The first-order valence-electron chi connectivity index (χ1n) is 2.53. The van der Waals surface area contributed by atoms with E-state index in [1.165, 1.54) is 0 Å². The molecule has 0 aromatic heterocycles. The van der Waals surface area contributed by atoms with Gasteiger partial charge >= 0.3 is 0 Å². The molecule has 1 nitrogen and oxygen atoms in total. The molecule has 0 radical (unpaired) electrons. The summed E-state index contributed by atoms with van der Waals surface area (Å²) in [5, 5.41) is 0. The summed E-state index contributed by atoms with van der Waals surface area (Å²) in [6.45, 7) is 1.01. The van der Waals surface area contributed by atoms with E-state index in [1.807, 2.05) is 0 Å². The lowest BCUT2D eigenvalue weighted by Gasteiger charge is -2.37. The van der Waals surface area contributed by atoms with Crippen molar-refractivity contribution in [3.63, 3.8) is 0 Å². The van der Waals surface area contributed by atoms with Crippen molar-refractivity contribution >= 4 is 22.6 Å². The van der Waals surface area contributed by atoms with E-state index in [0.29, 0.717) is 13.2 Å². The molecule has 0 atom stereocenters. The second-order valence-corrected chi connectivity index (χ2v) is 3.02. The van der Waals surface area contributed by atoms with Crippen LogP contribution >= 0.6 is 22.6 Å². The van der Waals surface area contributed by atoms with Gasteiger partial charge in [-0.25, -0.2) is 0 Å². The molecule has 0 aromatic carbocycles. The molecule has 48 valence electrons. The van der Waals surface area contributed by atoms with Crippen molar-refractivity contribution < 1.29 is 9.13 Å². The van der Waals surface area contributed by atoms with E-state index in [4.69, 9.17) is 4.74 Å². The fourth-order valence-electron chi connectivity index (χ4n) is 0.581. The summed E-state index contributed by atoms with van der Waals surface area (Å²) in [5.74, 6) is 0. The second kappa shape index (κ2) is 2.47. The van der Waals surface area contributed by atoms with Gasteiger partial charge in [-0.3, -0.25) is 4.39 Å². The van der Waals surface area contributed by atoms with Gasteiger partial charge in [-0.15, -0.1) is 0 Å². The standard InChI is InChI=1S/C5H8FIO/c6-1-5(2-7)3-8-4-5/h1-4H2. The molecule has 0 aromatic rings. The molecule has 8 heavy (non-hydrogen) atoms. The van der Waals surface area contributed by atoms with Crippen LogP contribution in [0.4, 0.5) is 4.39 Å². The average molecular weight is 230 g/mol. The molecule has 0 N–H and O–H groups in total. The summed E-state index contributed by atoms with van der Waals surface area (Å²) in [5.41, 5.74) is -0.0967. The van der Waals surface area contributed by atoms with Crippen LogP contribution in [0.3, 0.4) is 0 Å². The Morgan fingerprint density at radius 2 is 2.25 bits per heavy atom. The van der Waals surface area contributed by atoms with E-state index in [2.05, 4.69) is 22.6 Å². The number of rotatable bonds is 2. The smallest absolute Gasteiger partial charge is 0.100 e. The minimum absolute atomic E-state index is 0.0967. The second-order valence-electron chi connectivity index (χ2n) is 2.26. The predicted octanol–water partition coefficient (Wildman–Crippen LogP) is 1.41. The Kier molecular flexibility index (Phi) is 2.08. The van der Waals surface area contributed by atoms with Crippen LogP contribution in [0.5, 0.6) is 0 Å². The van der Waals surface area contributed by atoms with Gasteiger partial charge in [0.2, 0.25) is 0 Å². The molecule has 1 rings (SSSR count). The maximum atomic E-state index is 12.0. The van der Waals surface area contributed by atoms with Crippen LogP contribution in [0.25, 0.3) is 0 Å². The fourth-order valence-corrected chi connectivity index (χ4v) is 1.23. The highest BCUT2D eigenvalue weighted by atomic mass is 127. The highest BCUT2D eigenvalue weighted by Crippen LogP contribution is 2.29. The Hall–Kier alpha value is 0.620. The van der Waals surface area contributed by atoms with Crippen LogP contribution in [0.2, 0.25) is 0 Å². The third-order valence-corrected chi connectivity index (χ3v) is 3.00. The molecule has 0 bridgehead atoms. The van der Waals surface area contributed by atoms with Gasteiger partial charge in [0.25, 0.3) is 0 Å². The minimum Gasteiger partial charge on any atom is -0.380 e. The van der Waals surface area contributed by atoms with Crippen molar-refractivity contribution in [1.29, 1.82) is 0 Å². The van der Waals surface area contributed by atoms with Crippen molar-refractivity contribution in [2.24, 2.45) is 5.41 Å². The summed E-state index contributed by atoms with van der Waals surface area (Å²) in [6.07, 6.45) is 0. The van der Waals surface area contributed by atoms with Gasteiger partial charge in [-0.05, 0) is 0 Å². The van der Waals surface area contributed by atoms with Crippen LogP contribution in [0, 0.1) is 5.41 Å². The first-order chi connectivity index (χ1) is 3.83. The van der Waals surface area contributed by atoms with Gasteiger partial charge in [-0.2, -0.15) is 0 Å². The lowest BCUT2D eigenvalue weighted by atomic mass is 9.91. The highest BCUT2D eigenvalue weighted by molar-refractivity contribution is 14.1. The summed E-state index contributed by atoms with van der Waals surface area (Å²) >= 11 is 2.20. The van der Waals surface area contributed by atoms with E-state index in [9.17, 15) is 4.39 Å². The van der Waals surface area contributed by atoms with Gasteiger partial charge in [0.05, 0.1) is 18.6 Å². The third kappa shape index (κ3) is 0.978. The van der Waals surface area contributed by atoms with Gasteiger partial charge in [0, 0.05) is 4.43 Å². The zero-order valence-corrected chi connectivity index (χ0v) is 6.65. The first-order valence-corrected chi connectivity index (χ1v) is 4.05. The predicted molar refractivity (Wildman–Crippen MR) is 38.1 cm³/mol. The van der Waals surface area contributed by atoms with Crippen LogP contribution in [0.1, 0.15) is 0 Å². The topological polar surface area (TPSA) is 9.23 Å². The van der Waals surface area contributed by atoms with Crippen LogP contribution in [0.15, 0.2) is 0 Å². The normalized spacial score (nSPS) is 24.8. The van der Waals surface area contributed by atoms with Crippen molar-refractivity contribution in [3.8, 4) is 0 Å². The fraction of sp³-hybridized carbons (Fsp3) is 1.00. The van der Waals surface area contributed by atoms with E-state index in [1.54, 1.807) is 0 Å². The summed E-state index contributed by atoms with van der Waals surface area (Å²) in [7, 11) is 0. The van der Waals surface area contributed by atoms with E-state index < -0.39 is 0 Å². The minimum atomic E-state index is -0.226. The highest BCUT2D eigenvalue weighted by Gasteiger charge is 2.37. The van der Waals surface area contributed by atoms with E-state index >= 15 is 0 Å². The first kappa shape index (κ1) is 6.74. The number of ether oxygens (including phenoxy) is 1. The molecule has 1 heterocycles. The molecular formula is C5H8FIO. The Labute approximate surface area is 61.7 Å². The van der Waals surface area contributed by atoms with Gasteiger partial charge in [0.15, 0.2) is 0 Å². The van der Waals surface area contributed by atoms with Crippen molar-refractivity contribution in [2.45, 2.75) is 0 Å². The summed E-state index contributed by atoms with van der Waals surface area (Å²) in [4.78, 5) is 0. The van der Waals surface area contributed by atoms with Crippen molar-refractivity contribution in [1.82, 2.24) is 0 Å². The zero-order valence-electron chi connectivity index (χ0n) is 4.49. The molecule has 1 saturated heterocycles. The van der Waals surface area contributed by atoms with Crippen molar-refractivity contribution in [3.05, 3.63) is 0 Å². The molecule has 1 fully saturated rings. The number of hydrogen-bond donors (Lipinski definition) is 0. The quantitative estimate of drug-likeness (QED) is 0.514. The molecule has 0 amide bonds.